The fraction of sp³-hybridized carbons (Fsp3) is 0.400. The maximum atomic E-state index is 12.3. The zero-order valence-electron chi connectivity index (χ0n) is 16.7. The number of H-pyrrole nitrogens is 1. The Kier molecular flexibility index (Phi) is 4.73. The van der Waals surface area contributed by atoms with Crippen molar-refractivity contribution in [3.8, 4) is 0 Å². The predicted octanol–water partition coefficient (Wildman–Crippen LogP) is -0.155. The third-order valence-corrected chi connectivity index (χ3v) is 6.04. The number of hydrogen-bond donors (Lipinski definition) is 3. The Labute approximate surface area is 171 Å². The van der Waals surface area contributed by atoms with E-state index < -0.39 is 28.7 Å². The first-order valence-corrected chi connectivity index (χ1v) is 9.60. The van der Waals surface area contributed by atoms with Crippen molar-refractivity contribution in [3.05, 3.63) is 56.7 Å². The Morgan fingerprint density at radius 2 is 1.93 bits per heavy atom. The standard InChI is InChI=1S/C20H23N5O5/c1-23-14-15(24(2)19(30)22-16(14)27)21-18(23)25-9-8-20(17(28)29,13(26)11-25)10-12-6-4-3-5-7-12/h3-7,13,26H,8-11H2,1-2H3,(H,28,29)(H,22,27,30)/t13-,20+/m0/s1. The van der Waals surface area contributed by atoms with Crippen molar-refractivity contribution in [1.29, 1.82) is 0 Å². The van der Waals surface area contributed by atoms with Gasteiger partial charge in [-0.25, -0.2) is 4.79 Å². The van der Waals surface area contributed by atoms with E-state index in [4.69, 9.17) is 0 Å². The van der Waals surface area contributed by atoms with Crippen LogP contribution in [-0.4, -0.2) is 54.5 Å². The molecule has 2 atom stereocenters. The Hall–Kier alpha value is -3.40. The molecule has 0 radical (unpaired) electrons. The number of β-amino-alcohol motifs (C(OH)–C–C–N with tert-alkyl or cyclic N) is 1. The minimum atomic E-state index is -1.31. The number of carboxylic acids is 1. The summed E-state index contributed by atoms with van der Waals surface area (Å²) in [6.45, 7) is 0.376. The highest BCUT2D eigenvalue weighted by atomic mass is 16.4. The van der Waals surface area contributed by atoms with Crippen molar-refractivity contribution >= 4 is 23.1 Å². The van der Waals surface area contributed by atoms with Crippen molar-refractivity contribution in [3.63, 3.8) is 0 Å². The molecule has 3 aromatic rings. The molecule has 1 aliphatic heterocycles. The molecule has 158 valence electrons. The summed E-state index contributed by atoms with van der Waals surface area (Å²) in [5.41, 5.74) is -1.11. The molecule has 1 aliphatic rings. The molecule has 0 spiro atoms. The number of carboxylic acid groups (broad SMARTS) is 1. The van der Waals surface area contributed by atoms with Gasteiger partial charge in [-0.3, -0.25) is 19.1 Å². The average molecular weight is 413 g/mol. The molecule has 1 saturated heterocycles. The van der Waals surface area contributed by atoms with E-state index in [0.29, 0.717) is 12.5 Å². The van der Waals surface area contributed by atoms with Crippen LogP contribution in [0.25, 0.3) is 11.2 Å². The average Bonchev–Trinajstić information content (AvgIpc) is 3.06. The number of aliphatic carboxylic acids is 1. The molecule has 1 fully saturated rings. The highest BCUT2D eigenvalue weighted by Gasteiger charge is 2.49. The predicted molar refractivity (Wildman–Crippen MR) is 110 cm³/mol. The van der Waals surface area contributed by atoms with E-state index >= 15 is 0 Å². The number of nitrogens with zero attached hydrogens (tertiary/aromatic N) is 4. The third-order valence-electron chi connectivity index (χ3n) is 6.04. The lowest BCUT2D eigenvalue weighted by Crippen LogP contribution is -2.56. The van der Waals surface area contributed by atoms with Gasteiger partial charge in [-0.1, -0.05) is 30.3 Å². The molecule has 0 amide bonds. The largest absolute Gasteiger partial charge is 0.481 e. The summed E-state index contributed by atoms with van der Waals surface area (Å²) < 4.78 is 2.81. The zero-order valence-corrected chi connectivity index (χ0v) is 16.7. The van der Waals surface area contributed by atoms with Crippen LogP contribution in [0.15, 0.2) is 39.9 Å². The van der Waals surface area contributed by atoms with Gasteiger partial charge in [0.25, 0.3) is 5.56 Å². The number of benzene rings is 1. The minimum absolute atomic E-state index is 0.0438. The summed E-state index contributed by atoms with van der Waals surface area (Å²) in [4.78, 5) is 44.8. The van der Waals surface area contributed by atoms with Gasteiger partial charge in [-0.15, -0.1) is 0 Å². The zero-order chi connectivity index (χ0) is 21.6. The Morgan fingerprint density at radius 1 is 1.23 bits per heavy atom. The SMILES string of the molecule is Cn1c(N2CC[C@](Cc3ccccc3)(C(=O)O)[C@@H](O)C2)nc2c1c(=O)[nH]c(=O)n2C. The fourth-order valence-electron chi connectivity index (χ4n) is 4.23. The number of piperidine rings is 1. The van der Waals surface area contributed by atoms with E-state index in [1.807, 2.05) is 30.3 Å². The Bertz CT molecular complexity index is 1230. The van der Waals surface area contributed by atoms with Crippen LogP contribution >= 0.6 is 0 Å². The molecule has 0 saturated carbocycles. The van der Waals surface area contributed by atoms with Gasteiger partial charge in [0.15, 0.2) is 11.2 Å². The number of carbonyl (C=O) groups is 1. The van der Waals surface area contributed by atoms with E-state index in [1.54, 1.807) is 16.5 Å². The second-order valence-electron chi connectivity index (χ2n) is 7.80. The van der Waals surface area contributed by atoms with Gasteiger partial charge < -0.3 is 19.7 Å². The van der Waals surface area contributed by atoms with Crippen LogP contribution in [-0.2, 0) is 25.3 Å². The van der Waals surface area contributed by atoms with Crippen molar-refractivity contribution in [1.82, 2.24) is 19.1 Å². The number of aliphatic hydroxyl groups excluding tert-OH is 1. The molecule has 10 nitrogen and oxygen atoms in total. The number of aromatic nitrogens is 4. The summed E-state index contributed by atoms with van der Waals surface area (Å²) in [6.07, 6.45) is -0.725. The molecule has 10 heteroatoms. The van der Waals surface area contributed by atoms with E-state index in [9.17, 15) is 24.6 Å². The van der Waals surface area contributed by atoms with Crippen molar-refractivity contribution in [2.45, 2.75) is 18.9 Å². The molecular formula is C20H23N5O5. The molecule has 3 heterocycles. The van der Waals surface area contributed by atoms with E-state index in [1.165, 1.54) is 11.6 Å². The topological polar surface area (TPSA) is 133 Å². The van der Waals surface area contributed by atoms with E-state index in [0.717, 1.165) is 5.56 Å². The number of hydrogen-bond acceptors (Lipinski definition) is 6. The van der Waals surface area contributed by atoms with E-state index in [2.05, 4.69) is 9.97 Å². The summed E-state index contributed by atoms with van der Waals surface area (Å²) >= 11 is 0. The number of aliphatic hydroxyl groups is 1. The van der Waals surface area contributed by atoms with Crippen LogP contribution in [0.5, 0.6) is 0 Å². The maximum Gasteiger partial charge on any atom is 0.329 e. The minimum Gasteiger partial charge on any atom is -0.481 e. The second-order valence-corrected chi connectivity index (χ2v) is 7.80. The molecule has 2 aromatic heterocycles. The summed E-state index contributed by atoms with van der Waals surface area (Å²) in [7, 11) is 3.16. The lowest BCUT2D eigenvalue weighted by Gasteiger charge is -2.43. The highest BCUT2D eigenvalue weighted by molar-refractivity contribution is 5.77. The molecule has 0 aliphatic carbocycles. The van der Waals surface area contributed by atoms with Crippen LogP contribution in [0.4, 0.5) is 5.95 Å². The summed E-state index contributed by atoms with van der Waals surface area (Å²) in [5, 5.41) is 20.9. The van der Waals surface area contributed by atoms with Gasteiger partial charge in [0.05, 0.1) is 6.10 Å². The number of aryl methyl sites for hydroxylation is 2. The second kappa shape index (κ2) is 7.13. The summed E-state index contributed by atoms with van der Waals surface area (Å²) in [6, 6.07) is 9.24. The van der Waals surface area contributed by atoms with E-state index in [-0.39, 0.29) is 30.6 Å². The molecular weight excluding hydrogens is 390 g/mol. The first kappa shape index (κ1) is 19.9. The monoisotopic (exact) mass is 413 g/mol. The molecule has 1 aromatic carbocycles. The van der Waals surface area contributed by atoms with Gasteiger partial charge in [-0.2, -0.15) is 4.98 Å². The summed E-state index contributed by atoms with van der Waals surface area (Å²) in [5.74, 6) is -0.642. The van der Waals surface area contributed by atoms with Gasteiger partial charge in [-0.05, 0) is 18.4 Å². The molecule has 0 bridgehead atoms. The van der Waals surface area contributed by atoms with Gasteiger partial charge in [0.1, 0.15) is 5.41 Å². The van der Waals surface area contributed by atoms with Crippen molar-refractivity contribution in [2.24, 2.45) is 19.5 Å². The normalized spacial score (nSPS) is 21.8. The smallest absolute Gasteiger partial charge is 0.329 e. The number of nitrogens with one attached hydrogen (secondary N) is 1. The van der Waals surface area contributed by atoms with Gasteiger partial charge >= 0.3 is 11.7 Å². The maximum absolute atomic E-state index is 12.3. The highest BCUT2D eigenvalue weighted by Crippen LogP contribution is 2.37. The van der Waals surface area contributed by atoms with Gasteiger partial charge in [0, 0.05) is 27.2 Å². The molecule has 3 N–H and O–H groups in total. The van der Waals surface area contributed by atoms with Crippen LogP contribution in [0.1, 0.15) is 12.0 Å². The van der Waals surface area contributed by atoms with Crippen LogP contribution in [0.3, 0.4) is 0 Å². The lowest BCUT2D eigenvalue weighted by atomic mass is 9.72. The number of aromatic amines is 1. The Balaban J connectivity index is 1.69. The van der Waals surface area contributed by atoms with Crippen molar-refractivity contribution < 1.29 is 15.0 Å². The lowest BCUT2D eigenvalue weighted by molar-refractivity contribution is -0.158. The van der Waals surface area contributed by atoms with Crippen LogP contribution in [0.2, 0.25) is 0 Å². The number of rotatable bonds is 4. The Morgan fingerprint density at radius 3 is 2.57 bits per heavy atom. The molecule has 30 heavy (non-hydrogen) atoms. The molecule has 4 rings (SSSR count). The third kappa shape index (κ3) is 3.00. The first-order valence-electron chi connectivity index (χ1n) is 9.60. The number of fused-ring (bicyclic) bond motifs is 1. The van der Waals surface area contributed by atoms with Gasteiger partial charge in [0.2, 0.25) is 5.95 Å². The number of anilines is 1. The first-order chi connectivity index (χ1) is 14.2. The quantitative estimate of drug-likeness (QED) is 0.541. The molecule has 0 unspecified atom stereocenters. The van der Waals surface area contributed by atoms with Crippen molar-refractivity contribution in [2.75, 3.05) is 18.0 Å². The number of imidazole rings is 1. The van der Waals surface area contributed by atoms with Crippen LogP contribution in [0, 0.1) is 5.41 Å². The fourth-order valence-corrected chi connectivity index (χ4v) is 4.23. The van der Waals surface area contributed by atoms with Crippen LogP contribution < -0.4 is 16.1 Å².